The molecule has 0 aliphatic rings. The van der Waals surface area contributed by atoms with E-state index in [0.717, 1.165) is 0 Å². The van der Waals surface area contributed by atoms with Crippen molar-refractivity contribution in [2.24, 2.45) is 0 Å². The summed E-state index contributed by atoms with van der Waals surface area (Å²) in [6, 6.07) is 12.7. The Balaban J connectivity index is 2.40. The fourth-order valence-electron chi connectivity index (χ4n) is 1.59. The zero-order valence-electron chi connectivity index (χ0n) is 10.2. The molecule has 0 amide bonds. The van der Waals surface area contributed by atoms with Gasteiger partial charge in [-0.1, -0.05) is 12.1 Å². The zero-order chi connectivity index (χ0) is 14.8. The number of para-hydroxylation sites is 1. The van der Waals surface area contributed by atoms with E-state index in [1.54, 1.807) is 12.1 Å². The number of nitriles is 1. The highest BCUT2D eigenvalue weighted by atomic mass is 79.9. The van der Waals surface area contributed by atoms with Gasteiger partial charge in [-0.2, -0.15) is 5.26 Å². The van der Waals surface area contributed by atoms with Gasteiger partial charge in [-0.25, -0.2) is 8.42 Å². The van der Waals surface area contributed by atoms with Gasteiger partial charge >= 0.3 is 0 Å². The molecule has 2 aromatic carbocycles. The second-order valence-electron chi connectivity index (χ2n) is 3.95. The van der Waals surface area contributed by atoms with Crippen LogP contribution in [0.3, 0.4) is 0 Å². The first kappa shape index (κ1) is 14.4. The molecule has 0 heterocycles. The Bertz CT molecular complexity index is 798. The number of nitrogens with one attached hydrogen (secondary N) is 1. The van der Waals surface area contributed by atoms with Crippen molar-refractivity contribution in [1.29, 1.82) is 5.26 Å². The molecule has 0 saturated heterocycles. The minimum Gasteiger partial charge on any atom is -0.398 e. The summed E-state index contributed by atoms with van der Waals surface area (Å²) in [5, 5.41) is 8.77. The summed E-state index contributed by atoms with van der Waals surface area (Å²) in [6.45, 7) is 0. The van der Waals surface area contributed by atoms with Gasteiger partial charge in [0.25, 0.3) is 10.0 Å². The Labute approximate surface area is 125 Å². The Hall–Kier alpha value is -2.04. The largest absolute Gasteiger partial charge is 0.398 e. The van der Waals surface area contributed by atoms with Crippen LogP contribution in [0.5, 0.6) is 0 Å². The lowest BCUT2D eigenvalue weighted by atomic mass is 10.2. The molecule has 7 heteroatoms. The Kier molecular flexibility index (Phi) is 3.97. The first-order chi connectivity index (χ1) is 9.44. The number of anilines is 2. The molecule has 0 aliphatic carbocycles. The number of sulfonamides is 1. The maximum Gasteiger partial charge on any atom is 0.263 e. The van der Waals surface area contributed by atoms with E-state index in [1.165, 1.54) is 30.3 Å². The van der Waals surface area contributed by atoms with E-state index < -0.39 is 10.0 Å². The van der Waals surface area contributed by atoms with Crippen molar-refractivity contribution in [2.45, 2.75) is 4.90 Å². The van der Waals surface area contributed by atoms with Gasteiger partial charge in [0.15, 0.2) is 0 Å². The number of nitrogens with zero attached hydrogens (tertiary/aromatic N) is 1. The fourth-order valence-corrected chi connectivity index (χ4v) is 3.42. The number of nitrogen functional groups attached to an aromatic ring is 1. The fraction of sp³-hybridized carbons (Fsp3) is 0. The zero-order valence-corrected chi connectivity index (χ0v) is 12.6. The maximum absolute atomic E-state index is 12.3. The third-order valence-corrected chi connectivity index (χ3v) is 4.65. The first-order valence-corrected chi connectivity index (χ1v) is 7.78. The van der Waals surface area contributed by atoms with Crippen molar-refractivity contribution in [2.75, 3.05) is 10.5 Å². The lowest BCUT2D eigenvalue weighted by Crippen LogP contribution is -2.15. The predicted octanol–water partition coefficient (Wildman–Crippen LogP) is 2.70. The van der Waals surface area contributed by atoms with Crippen LogP contribution in [0.2, 0.25) is 0 Å². The van der Waals surface area contributed by atoms with E-state index in [4.69, 9.17) is 11.0 Å². The van der Waals surface area contributed by atoms with Crippen LogP contribution in [-0.4, -0.2) is 8.42 Å². The third kappa shape index (κ3) is 2.92. The van der Waals surface area contributed by atoms with Crippen LogP contribution in [0.25, 0.3) is 0 Å². The molecule has 0 aromatic heterocycles. The highest BCUT2D eigenvalue weighted by Gasteiger charge is 2.18. The van der Waals surface area contributed by atoms with Gasteiger partial charge < -0.3 is 5.73 Å². The van der Waals surface area contributed by atoms with Crippen LogP contribution < -0.4 is 10.5 Å². The van der Waals surface area contributed by atoms with E-state index in [-0.39, 0.29) is 10.6 Å². The smallest absolute Gasteiger partial charge is 0.263 e. The van der Waals surface area contributed by atoms with E-state index in [9.17, 15) is 8.42 Å². The molecule has 102 valence electrons. The minimum atomic E-state index is -3.77. The molecule has 0 atom stereocenters. The van der Waals surface area contributed by atoms with Crippen LogP contribution in [0, 0.1) is 11.3 Å². The van der Waals surface area contributed by atoms with E-state index in [0.29, 0.717) is 15.7 Å². The van der Waals surface area contributed by atoms with Gasteiger partial charge in [0, 0.05) is 4.47 Å². The molecule has 0 fully saturated rings. The monoisotopic (exact) mass is 351 g/mol. The summed E-state index contributed by atoms with van der Waals surface area (Å²) < 4.78 is 27.4. The van der Waals surface area contributed by atoms with Gasteiger partial charge in [-0.15, -0.1) is 0 Å². The van der Waals surface area contributed by atoms with Crippen molar-refractivity contribution in [3.8, 4) is 6.07 Å². The number of benzene rings is 2. The summed E-state index contributed by atoms with van der Waals surface area (Å²) in [5.41, 5.74) is 6.61. The van der Waals surface area contributed by atoms with Crippen LogP contribution >= 0.6 is 15.9 Å². The Morgan fingerprint density at radius 2 is 1.90 bits per heavy atom. The predicted molar refractivity (Wildman–Crippen MR) is 80.5 cm³/mol. The molecule has 20 heavy (non-hydrogen) atoms. The van der Waals surface area contributed by atoms with Crippen LogP contribution in [0.1, 0.15) is 5.56 Å². The minimum absolute atomic E-state index is 0.0104. The normalized spacial score (nSPS) is 10.8. The summed E-state index contributed by atoms with van der Waals surface area (Å²) >= 11 is 3.22. The molecular weight excluding hydrogens is 342 g/mol. The molecule has 3 N–H and O–H groups in total. The van der Waals surface area contributed by atoms with E-state index in [2.05, 4.69) is 20.7 Å². The lowest BCUT2D eigenvalue weighted by Gasteiger charge is -2.11. The van der Waals surface area contributed by atoms with Crippen LogP contribution in [0.15, 0.2) is 51.8 Å². The number of halogens is 1. The van der Waals surface area contributed by atoms with Crippen LogP contribution in [0.4, 0.5) is 11.4 Å². The van der Waals surface area contributed by atoms with E-state index in [1.807, 2.05) is 6.07 Å². The maximum atomic E-state index is 12.3. The summed E-state index contributed by atoms with van der Waals surface area (Å²) in [5.74, 6) is 0. The number of nitrogens with two attached hydrogens (primary N) is 1. The quantitative estimate of drug-likeness (QED) is 0.830. The molecule has 0 saturated carbocycles. The third-order valence-electron chi connectivity index (χ3n) is 2.55. The van der Waals surface area contributed by atoms with Gasteiger partial charge in [0.2, 0.25) is 0 Å². The Morgan fingerprint density at radius 1 is 1.20 bits per heavy atom. The topological polar surface area (TPSA) is 96.0 Å². The van der Waals surface area contributed by atoms with Crippen molar-refractivity contribution in [3.63, 3.8) is 0 Å². The molecule has 0 aliphatic heterocycles. The van der Waals surface area contributed by atoms with Gasteiger partial charge in [-0.3, -0.25) is 4.72 Å². The van der Waals surface area contributed by atoms with Gasteiger partial charge in [-0.05, 0) is 46.3 Å². The average molecular weight is 352 g/mol. The molecule has 2 rings (SSSR count). The molecule has 0 unspecified atom stereocenters. The van der Waals surface area contributed by atoms with Crippen LogP contribution in [-0.2, 0) is 10.0 Å². The Morgan fingerprint density at radius 3 is 2.50 bits per heavy atom. The average Bonchev–Trinajstić information content (AvgIpc) is 2.41. The van der Waals surface area contributed by atoms with Crippen molar-refractivity contribution >= 4 is 37.3 Å². The standard InChI is InChI=1S/C13H10BrN3O2S/c14-10-7-9(8-15)5-6-12(10)17-20(18,19)13-4-2-1-3-11(13)16/h1-7,17H,16H2. The number of rotatable bonds is 3. The molecule has 0 spiro atoms. The van der Waals surface area contributed by atoms with Crippen molar-refractivity contribution in [3.05, 3.63) is 52.5 Å². The number of hydrogen-bond donors (Lipinski definition) is 2. The van der Waals surface area contributed by atoms with Crippen molar-refractivity contribution in [1.82, 2.24) is 0 Å². The lowest BCUT2D eigenvalue weighted by molar-refractivity contribution is 0.601. The summed E-state index contributed by atoms with van der Waals surface area (Å²) in [4.78, 5) is 0.0104. The number of hydrogen-bond acceptors (Lipinski definition) is 4. The first-order valence-electron chi connectivity index (χ1n) is 5.51. The second-order valence-corrected chi connectivity index (χ2v) is 6.45. The summed E-state index contributed by atoms with van der Waals surface area (Å²) in [6.07, 6.45) is 0. The highest BCUT2D eigenvalue weighted by molar-refractivity contribution is 9.10. The van der Waals surface area contributed by atoms with Gasteiger partial charge in [0.05, 0.1) is 23.0 Å². The molecule has 2 aromatic rings. The highest BCUT2D eigenvalue weighted by Crippen LogP contribution is 2.27. The second kappa shape index (κ2) is 5.53. The molecule has 5 nitrogen and oxygen atoms in total. The SMILES string of the molecule is N#Cc1ccc(NS(=O)(=O)c2ccccc2N)c(Br)c1. The van der Waals surface area contributed by atoms with Crippen molar-refractivity contribution < 1.29 is 8.42 Å². The molecular formula is C13H10BrN3O2S. The summed E-state index contributed by atoms with van der Waals surface area (Å²) in [7, 11) is -3.77. The van der Waals surface area contributed by atoms with E-state index >= 15 is 0 Å². The van der Waals surface area contributed by atoms with Gasteiger partial charge in [0.1, 0.15) is 4.90 Å². The molecule has 0 bridgehead atoms. The molecule has 0 radical (unpaired) electrons.